The van der Waals surface area contributed by atoms with Gasteiger partial charge in [-0.3, -0.25) is 0 Å². The van der Waals surface area contributed by atoms with Crippen LogP contribution in [0.25, 0.3) is 0 Å². The molecule has 0 amide bonds. The zero-order chi connectivity index (χ0) is 8.82. The average molecular weight is 210 g/mol. The van der Waals surface area contributed by atoms with Gasteiger partial charge >= 0.3 is 0 Å². The van der Waals surface area contributed by atoms with Gasteiger partial charge in [-0.25, -0.2) is 0 Å². The predicted molar refractivity (Wildman–Crippen MR) is 47.3 cm³/mol. The standard InChI is InChI=1S/C7H12ClNO2S/c8-12(10,11)9-6-2-5-7(9)3-1-4-7/h1-6H2. The molecule has 0 N–H and O–H groups in total. The first-order valence-electron chi connectivity index (χ1n) is 4.27. The van der Waals surface area contributed by atoms with E-state index >= 15 is 0 Å². The van der Waals surface area contributed by atoms with E-state index in [-0.39, 0.29) is 5.54 Å². The Balaban J connectivity index is 2.26. The van der Waals surface area contributed by atoms with Crippen molar-refractivity contribution in [2.45, 2.75) is 37.6 Å². The second kappa shape index (κ2) is 2.59. The summed E-state index contributed by atoms with van der Waals surface area (Å²) in [6.07, 6.45) is 5.10. The summed E-state index contributed by atoms with van der Waals surface area (Å²) < 4.78 is 23.8. The Morgan fingerprint density at radius 2 is 1.75 bits per heavy atom. The van der Waals surface area contributed by atoms with Crippen LogP contribution in [0.15, 0.2) is 0 Å². The van der Waals surface area contributed by atoms with Gasteiger partial charge in [0.15, 0.2) is 0 Å². The number of rotatable bonds is 1. The van der Waals surface area contributed by atoms with E-state index in [1.165, 1.54) is 4.31 Å². The third-order valence-corrected chi connectivity index (χ3v) is 4.68. The van der Waals surface area contributed by atoms with E-state index in [1.807, 2.05) is 0 Å². The fourth-order valence-electron chi connectivity index (χ4n) is 2.34. The third-order valence-electron chi connectivity index (χ3n) is 3.08. The Bertz CT molecular complexity index is 284. The molecule has 5 heteroatoms. The molecular weight excluding hydrogens is 198 g/mol. The van der Waals surface area contributed by atoms with Gasteiger partial charge in [0.2, 0.25) is 0 Å². The summed E-state index contributed by atoms with van der Waals surface area (Å²) >= 11 is 0. The van der Waals surface area contributed by atoms with Gasteiger partial charge in [-0.1, -0.05) is 0 Å². The number of halogens is 1. The van der Waals surface area contributed by atoms with Crippen LogP contribution in [0.5, 0.6) is 0 Å². The lowest BCUT2D eigenvalue weighted by Crippen LogP contribution is -2.50. The lowest BCUT2D eigenvalue weighted by molar-refractivity contribution is 0.130. The lowest BCUT2D eigenvalue weighted by Gasteiger charge is -2.43. The highest BCUT2D eigenvalue weighted by molar-refractivity contribution is 8.11. The van der Waals surface area contributed by atoms with Crippen LogP contribution in [0, 0.1) is 0 Å². The first-order valence-corrected chi connectivity index (χ1v) is 6.54. The Morgan fingerprint density at radius 1 is 1.17 bits per heavy atom. The second-order valence-corrected chi connectivity index (χ2v) is 6.13. The van der Waals surface area contributed by atoms with Crippen molar-refractivity contribution in [2.24, 2.45) is 0 Å². The minimum atomic E-state index is -3.47. The van der Waals surface area contributed by atoms with Crippen LogP contribution < -0.4 is 0 Å². The molecule has 0 unspecified atom stereocenters. The molecule has 2 fully saturated rings. The predicted octanol–water partition coefficient (Wildman–Crippen LogP) is 1.49. The Hall–Kier alpha value is 0.200. The summed E-state index contributed by atoms with van der Waals surface area (Å²) in [5, 5.41) is 0. The quantitative estimate of drug-likeness (QED) is 0.614. The van der Waals surface area contributed by atoms with Gasteiger partial charge in [0.05, 0.1) is 0 Å². The van der Waals surface area contributed by atoms with Crippen LogP contribution in [0.2, 0.25) is 0 Å². The van der Waals surface area contributed by atoms with Crippen LogP contribution in [-0.4, -0.2) is 24.8 Å². The highest BCUT2D eigenvalue weighted by Crippen LogP contribution is 2.47. The topological polar surface area (TPSA) is 37.4 Å². The fourth-order valence-corrected chi connectivity index (χ4v) is 4.07. The molecule has 1 saturated heterocycles. The van der Waals surface area contributed by atoms with Crippen molar-refractivity contribution >= 4 is 19.9 Å². The van der Waals surface area contributed by atoms with Gasteiger partial charge in [-0.05, 0) is 32.1 Å². The average Bonchev–Trinajstić information content (AvgIpc) is 2.25. The Morgan fingerprint density at radius 3 is 2.08 bits per heavy atom. The van der Waals surface area contributed by atoms with E-state index in [0.29, 0.717) is 6.54 Å². The number of hydrogen-bond acceptors (Lipinski definition) is 2. The maximum Gasteiger partial charge on any atom is 0.300 e. The zero-order valence-electron chi connectivity index (χ0n) is 6.79. The summed E-state index contributed by atoms with van der Waals surface area (Å²) in [7, 11) is 1.87. The Labute approximate surface area is 77.2 Å². The monoisotopic (exact) mass is 209 g/mol. The van der Waals surface area contributed by atoms with Crippen molar-refractivity contribution < 1.29 is 8.42 Å². The van der Waals surface area contributed by atoms with Crippen LogP contribution in [-0.2, 0) is 9.24 Å². The van der Waals surface area contributed by atoms with Gasteiger partial charge in [-0.2, -0.15) is 12.7 Å². The molecule has 2 rings (SSSR count). The van der Waals surface area contributed by atoms with E-state index in [1.54, 1.807) is 0 Å². The lowest BCUT2D eigenvalue weighted by atomic mass is 9.76. The van der Waals surface area contributed by atoms with E-state index in [0.717, 1.165) is 32.1 Å². The molecule has 0 aromatic heterocycles. The maximum atomic E-state index is 11.1. The van der Waals surface area contributed by atoms with Crippen LogP contribution in [0.3, 0.4) is 0 Å². The summed E-state index contributed by atoms with van der Waals surface area (Å²) in [5.74, 6) is 0. The van der Waals surface area contributed by atoms with Gasteiger partial charge in [0, 0.05) is 22.8 Å². The molecule has 1 heterocycles. The fraction of sp³-hybridized carbons (Fsp3) is 1.00. The summed E-state index contributed by atoms with van der Waals surface area (Å²) in [6, 6.07) is 0. The Kier molecular flexibility index (Phi) is 1.90. The molecule has 1 aliphatic heterocycles. The molecule has 3 nitrogen and oxygen atoms in total. The SMILES string of the molecule is O=S(=O)(Cl)N1CCCC12CCC2. The van der Waals surface area contributed by atoms with Crippen LogP contribution in [0.1, 0.15) is 32.1 Å². The van der Waals surface area contributed by atoms with Crippen molar-refractivity contribution in [2.75, 3.05) is 6.54 Å². The first kappa shape index (κ1) is 8.78. The molecule has 1 aliphatic carbocycles. The van der Waals surface area contributed by atoms with Crippen molar-refractivity contribution in [1.82, 2.24) is 4.31 Å². The summed E-state index contributed by atoms with van der Waals surface area (Å²) in [6.45, 7) is 0.617. The molecule has 12 heavy (non-hydrogen) atoms. The number of hydrogen-bond donors (Lipinski definition) is 0. The van der Waals surface area contributed by atoms with E-state index in [4.69, 9.17) is 10.7 Å². The molecule has 0 atom stereocenters. The minimum Gasteiger partial charge on any atom is -0.195 e. The smallest absolute Gasteiger partial charge is 0.195 e. The zero-order valence-corrected chi connectivity index (χ0v) is 8.36. The third kappa shape index (κ3) is 1.17. The molecule has 0 radical (unpaired) electrons. The normalized spacial score (nSPS) is 29.1. The number of nitrogens with zero attached hydrogens (tertiary/aromatic N) is 1. The molecule has 1 spiro atoms. The van der Waals surface area contributed by atoms with Gasteiger partial charge in [0.1, 0.15) is 0 Å². The van der Waals surface area contributed by atoms with Crippen LogP contribution >= 0.6 is 10.7 Å². The molecule has 70 valence electrons. The maximum absolute atomic E-state index is 11.1. The summed E-state index contributed by atoms with van der Waals surface area (Å²) in [4.78, 5) is 0. The van der Waals surface area contributed by atoms with Gasteiger partial charge in [-0.15, -0.1) is 0 Å². The highest BCUT2D eigenvalue weighted by Gasteiger charge is 2.50. The van der Waals surface area contributed by atoms with Gasteiger partial charge in [0.25, 0.3) is 9.24 Å². The van der Waals surface area contributed by atoms with Crippen molar-refractivity contribution in [3.8, 4) is 0 Å². The van der Waals surface area contributed by atoms with Crippen molar-refractivity contribution in [3.63, 3.8) is 0 Å². The van der Waals surface area contributed by atoms with Gasteiger partial charge < -0.3 is 0 Å². The van der Waals surface area contributed by atoms with E-state index < -0.39 is 9.24 Å². The van der Waals surface area contributed by atoms with Crippen LogP contribution in [0.4, 0.5) is 0 Å². The highest BCUT2D eigenvalue weighted by atomic mass is 35.7. The molecule has 1 saturated carbocycles. The molecule has 0 aromatic rings. The molecular formula is C7H12ClNO2S. The van der Waals surface area contributed by atoms with E-state index in [9.17, 15) is 8.42 Å². The van der Waals surface area contributed by atoms with Crippen molar-refractivity contribution in [1.29, 1.82) is 0 Å². The van der Waals surface area contributed by atoms with Crippen molar-refractivity contribution in [3.05, 3.63) is 0 Å². The first-order chi connectivity index (χ1) is 5.55. The molecule has 0 aromatic carbocycles. The molecule has 2 aliphatic rings. The largest absolute Gasteiger partial charge is 0.300 e. The summed E-state index contributed by atoms with van der Waals surface area (Å²) in [5.41, 5.74) is -0.0689. The second-order valence-electron chi connectivity index (χ2n) is 3.70. The molecule has 0 bridgehead atoms. The van der Waals surface area contributed by atoms with E-state index in [2.05, 4.69) is 0 Å². The minimum absolute atomic E-state index is 0.0689.